The number of hydrogen-bond acceptors (Lipinski definition) is 7. The number of pyridine rings is 1. The number of hydrogen-bond donors (Lipinski definition) is 3. The largest absolute Gasteiger partial charge is 0.494 e. The highest BCUT2D eigenvalue weighted by molar-refractivity contribution is 7.91. The Labute approximate surface area is 162 Å². The van der Waals surface area contributed by atoms with Crippen LogP contribution in [0.3, 0.4) is 0 Å². The summed E-state index contributed by atoms with van der Waals surface area (Å²) < 4.78 is 31.6. The van der Waals surface area contributed by atoms with Crippen LogP contribution in [0.2, 0.25) is 0 Å². The number of nitrogens with one attached hydrogen (secondary N) is 2. The molecule has 1 atom stereocenters. The zero-order valence-corrected chi connectivity index (χ0v) is 15.9. The van der Waals surface area contributed by atoms with Crippen molar-refractivity contribution in [1.82, 2.24) is 15.8 Å². The minimum atomic E-state index is -3.89. The summed E-state index contributed by atoms with van der Waals surface area (Å²) in [5.74, 6) is 0.249. The smallest absolute Gasteiger partial charge is 0.257 e. The lowest BCUT2D eigenvalue weighted by molar-refractivity contribution is -0.128. The predicted octanol–water partition coefficient (Wildman–Crippen LogP) is 1.66. The summed E-state index contributed by atoms with van der Waals surface area (Å²) in [5.41, 5.74) is 1.82. The van der Waals surface area contributed by atoms with E-state index >= 15 is 0 Å². The van der Waals surface area contributed by atoms with Crippen molar-refractivity contribution in [3.8, 4) is 5.75 Å². The van der Waals surface area contributed by atoms with Crippen LogP contribution in [0.1, 0.15) is 17.4 Å². The van der Waals surface area contributed by atoms with Crippen LogP contribution in [0.4, 0.5) is 0 Å². The standard InChI is InChI=1S/C17H20ClN3O5S/c18-8-2-10-26-14-4-6-15(7-5-14)27(24,25)17(20-12-16(22)21-23)13-3-1-9-19-11-13/h1,3-7,9,11,17,20,23H,2,8,10,12H2,(H,21,22). The number of aromatic nitrogens is 1. The number of benzene rings is 1. The second-order valence-corrected chi connectivity index (χ2v) is 7.90. The zero-order chi connectivity index (χ0) is 19.7. The summed E-state index contributed by atoms with van der Waals surface area (Å²) in [6, 6.07) is 9.16. The molecule has 27 heavy (non-hydrogen) atoms. The molecular formula is C17H20ClN3O5S. The number of halogens is 1. The van der Waals surface area contributed by atoms with Crippen LogP contribution in [-0.2, 0) is 14.6 Å². The second-order valence-electron chi connectivity index (χ2n) is 5.49. The highest BCUT2D eigenvalue weighted by atomic mass is 35.5. The van der Waals surface area contributed by atoms with E-state index in [1.807, 2.05) is 0 Å². The second kappa shape index (κ2) is 10.2. The number of amides is 1. The van der Waals surface area contributed by atoms with E-state index < -0.39 is 27.7 Å². The van der Waals surface area contributed by atoms with Gasteiger partial charge in [-0.3, -0.25) is 20.3 Å². The summed E-state index contributed by atoms with van der Waals surface area (Å²) in [6.45, 7) is 0.0423. The molecule has 1 unspecified atom stereocenters. The van der Waals surface area contributed by atoms with E-state index in [-0.39, 0.29) is 4.90 Å². The van der Waals surface area contributed by atoms with Crippen molar-refractivity contribution in [1.29, 1.82) is 0 Å². The lowest BCUT2D eigenvalue weighted by atomic mass is 10.3. The molecule has 1 aromatic heterocycles. The average Bonchev–Trinajstić information content (AvgIpc) is 2.69. The van der Waals surface area contributed by atoms with E-state index in [0.29, 0.717) is 30.2 Å². The third-order valence-corrected chi connectivity index (χ3v) is 5.83. The fourth-order valence-electron chi connectivity index (χ4n) is 2.27. The van der Waals surface area contributed by atoms with Crippen molar-refractivity contribution in [3.63, 3.8) is 0 Å². The van der Waals surface area contributed by atoms with Crippen molar-refractivity contribution in [2.24, 2.45) is 0 Å². The SMILES string of the molecule is O=C(CNC(c1cccnc1)S(=O)(=O)c1ccc(OCCCCl)cc1)NO. The molecule has 0 aliphatic rings. The molecule has 1 aromatic carbocycles. The first kappa shape index (κ1) is 21.1. The van der Waals surface area contributed by atoms with E-state index in [2.05, 4.69) is 10.3 Å². The van der Waals surface area contributed by atoms with Crippen molar-refractivity contribution in [2.45, 2.75) is 16.7 Å². The lowest BCUT2D eigenvalue weighted by Crippen LogP contribution is -2.37. The van der Waals surface area contributed by atoms with Gasteiger partial charge in [0.15, 0.2) is 9.84 Å². The van der Waals surface area contributed by atoms with Crippen LogP contribution in [-0.4, -0.2) is 43.5 Å². The third-order valence-electron chi connectivity index (χ3n) is 3.57. The summed E-state index contributed by atoms with van der Waals surface area (Å²) in [6.07, 6.45) is 3.60. The first-order valence-electron chi connectivity index (χ1n) is 8.08. The van der Waals surface area contributed by atoms with E-state index in [1.165, 1.54) is 30.0 Å². The molecule has 0 spiro atoms. The van der Waals surface area contributed by atoms with Gasteiger partial charge in [-0.05, 0) is 36.8 Å². The van der Waals surface area contributed by atoms with Crippen LogP contribution >= 0.6 is 11.6 Å². The molecule has 0 radical (unpaired) electrons. The molecule has 0 aliphatic heterocycles. The van der Waals surface area contributed by atoms with Gasteiger partial charge in [-0.1, -0.05) is 6.07 Å². The summed E-state index contributed by atoms with van der Waals surface area (Å²) in [7, 11) is -3.89. The van der Waals surface area contributed by atoms with Crippen LogP contribution in [0.15, 0.2) is 53.7 Å². The first-order valence-corrected chi connectivity index (χ1v) is 10.2. The maximum atomic E-state index is 13.1. The van der Waals surface area contributed by atoms with Gasteiger partial charge in [0.1, 0.15) is 11.1 Å². The summed E-state index contributed by atoms with van der Waals surface area (Å²) in [5, 5.41) is 10.1. The molecule has 0 saturated heterocycles. The molecule has 0 bridgehead atoms. The molecule has 0 fully saturated rings. The molecule has 0 aliphatic carbocycles. The van der Waals surface area contributed by atoms with E-state index in [0.717, 1.165) is 0 Å². The van der Waals surface area contributed by atoms with Gasteiger partial charge >= 0.3 is 0 Å². The molecule has 3 N–H and O–H groups in total. The van der Waals surface area contributed by atoms with Crippen molar-refractivity contribution in [3.05, 3.63) is 54.4 Å². The first-order chi connectivity index (χ1) is 13.0. The number of nitrogens with zero attached hydrogens (tertiary/aromatic N) is 1. The Bertz CT molecular complexity index is 831. The Balaban J connectivity index is 2.25. The maximum absolute atomic E-state index is 13.1. The van der Waals surface area contributed by atoms with Gasteiger partial charge in [0.05, 0.1) is 18.0 Å². The van der Waals surface area contributed by atoms with Gasteiger partial charge in [-0.25, -0.2) is 13.9 Å². The molecule has 10 heteroatoms. The minimum absolute atomic E-state index is 0.0537. The van der Waals surface area contributed by atoms with E-state index in [4.69, 9.17) is 21.5 Å². The number of sulfone groups is 1. The molecule has 1 heterocycles. The number of ether oxygens (including phenoxy) is 1. The Morgan fingerprint density at radius 3 is 2.59 bits per heavy atom. The molecule has 1 amide bonds. The Kier molecular flexibility index (Phi) is 7.99. The maximum Gasteiger partial charge on any atom is 0.257 e. The van der Waals surface area contributed by atoms with Gasteiger partial charge < -0.3 is 4.74 Å². The Morgan fingerprint density at radius 1 is 1.26 bits per heavy atom. The number of carbonyl (C=O) groups is 1. The van der Waals surface area contributed by atoms with E-state index in [9.17, 15) is 13.2 Å². The van der Waals surface area contributed by atoms with Gasteiger partial charge in [-0.2, -0.15) is 0 Å². The van der Waals surface area contributed by atoms with Gasteiger partial charge in [-0.15, -0.1) is 11.6 Å². The monoisotopic (exact) mass is 413 g/mol. The van der Waals surface area contributed by atoms with Crippen molar-refractivity contribution in [2.75, 3.05) is 19.0 Å². The molecule has 146 valence electrons. The molecule has 2 rings (SSSR count). The average molecular weight is 414 g/mol. The van der Waals surface area contributed by atoms with Crippen LogP contribution in [0.5, 0.6) is 5.75 Å². The summed E-state index contributed by atoms with van der Waals surface area (Å²) in [4.78, 5) is 15.3. The predicted molar refractivity (Wildman–Crippen MR) is 99.4 cm³/mol. The normalized spacial score (nSPS) is 12.4. The third kappa shape index (κ3) is 5.90. The van der Waals surface area contributed by atoms with Gasteiger partial charge in [0.25, 0.3) is 5.91 Å². The Morgan fingerprint density at radius 2 is 2.00 bits per heavy atom. The molecule has 0 saturated carbocycles. The number of rotatable bonds is 10. The quantitative estimate of drug-likeness (QED) is 0.234. The molecular weight excluding hydrogens is 394 g/mol. The van der Waals surface area contributed by atoms with Gasteiger partial charge in [0, 0.05) is 23.8 Å². The van der Waals surface area contributed by atoms with Crippen LogP contribution in [0, 0.1) is 0 Å². The number of alkyl halides is 1. The zero-order valence-electron chi connectivity index (χ0n) is 14.3. The fourth-order valence-corrected chi connectivity index (χ4v) is 3.97. The minimum Gasteiger partial charge on any atom is -0.494 e. The van der Waals surface area contributed by atoms with Crippen LogP contribution < -0.4 is 15.5 Å². The molecule has 2 aromatic rings. The highest BCUT2D eigenvalue weighted by Crippen LogP contribution is 2.27. The highest BCUT2D eigenvalue weighted by Gasteiger charge is 2.29. The summed E-state index contributed by atoms with van der Waals surface area (Å²) >= 11 is 5.59. The molecule has 8 nitrogen and oxygen atoms in total. The Hall–Kier alpha value is -2.20. The number of carbonyl (C=O) groups excluding carboxylic acids is 1. The van der Waals surface area contributed by atoms with Gasteiger partial charge in [0.2, 0.25) is 0 Å². The van der Waals surface area contributed by atoms with Crippen molar-refractivity contribution >= 4 is 27.3 Å². The van der Waals surface area contributed by atoms with Crippen LogP contribution in [0.25, 0.3) is 0 Å². The topological polar surface area (TPSA) is 118 Å². The van der Waals surface area contributed by atoms with Crippen molar-refractivity contribution < 1.29 is 23.2 Å². The fraction of sp³-hybridized carbons (Fsp3) is 0.294. The van der Waals surface area contributed by atoms with E-state index in [1.54, 1.807) is 24.3 Å². The number of hydroxylamine groups is 1. The lowest BCUT2D eigenvalue weighted by Gasteiger charge is -2.19.